The van der Waals surface area contributed by atoms with E-state index in [0.29, 0.717) is 0 Å². The van der Waals surface area contributed by atoms with Crippen LogP contribution in [0.2, 0.25) is 0 Å². The first-order chi connectivity index (χ1) is 8.07. The van der Waals surface area contributed by atoms with Crippen LogP contribution in [0, 0.1) is 5.41 Å². The van der Waals surface area contributed by atoms with Gasteiger partial charge in [-0.15, -0.1) is 0 Å². The van der Waals surface area contributed by atoms with Crippen molar-refractivity contribution in [2.24, 2.45) is 5.41 Å². The predicted molar refractivity (Wildman–Crippen MR) is 62.4 cm³/mol. The summed E-state index contributed by atoms with van der Waals surface area (Å²) < 4.78 is 43.6. The highest BCUT2D eigenvalue weighted by Crippen LogP contribution is 2.41. The lowest BCUT2D eigenvalue weighted by Crippen LogP contribution is -2.21. The molecule has 1 aromatic rings. The second kappa shape index (κ2) is 4.80. The zero-order valence-electron chi connectivity index (χ0n) is 10.8. The maximum atomic E-state index is 12.9. The summed E-state index contributed by atoms with van der Waals surface area (Å²) in [5.41, 5.74) is -1.66. The molecule has 0 aliphatic heterocycles. The molecule has 0 aliphatic carbocycles. The Labute approximate surface area is 104 Å². The van der Waals surface area contributed by atoms with Crippen molar-refractivity contribution in [1.82, 2.24) is 0 Å². The first-order valence-corrected chi connectivity index (χ1v) is 5.50. The van der Waals surface area contributed by atoms with E-state index in [1.807, 2.05) is 0 Å². The number of halogens is 3. The molecule has 0 spiro atoms. The second-order valence-electron chi connectivity index (χ2n) is 5.22. The summed E-state index contributed by atoms with van der Waals surface area (Å²) in [6.45, 7) is 5.05. The smallest absolute Gasteiger partial charge is 0.416 e. The van der Waals surface area contributed by atoms with Crippen molar-refractivity contribution in [3.05, 3.63) is 29.3 Å². The number of hydrogen-bond donors (Lipinski definition) is 1. The Hall–Kier alpha value is -1.23. The number of rotatable bonds is 2. The van der Waals surface area contributed by atoms with Gasteiger partial charge in [0, 0.05) is 0 Å². The van der Waals surface area contributed by atoms with Gasteiger partial charge >= 0.3 is 6.18 Å². The molecule has 0 bridgehead atoms. The molecule has 18 heavy (non-hydrogen) atoms. The molecule has 2 nitrogen and oxygen atoms in total. The molecule has 102 valence electrons. The predicted octanol–water partition coefficient (Wildman–Crippen LogP) is 3.79. The summed E-state index contributed by atoms with van der Waals surface area (Å²) in [7, 11) is 1.30. The van der Waals surface area contributed by atoms with Gasteiger partial charge in [-0.05, 0) is 23.1 Å². The van der Waals surface area contributed by atoms with Crippen LogP contribution in [0.15, 0.2) is 18.2 Å². The van der Waals surface area contributed by atoms with Gasteiger partial charge < -0.3 is 9.84 Å². The van der Waals surface area contributed by atoms with Gasteiger partial charge in [0.05, 0.1) is 18.8 Å². The Bertz CT molecular complexity index is 419. The molecule has 1 atom stereocenters. The first-order valence-electron chi connectivity index (χ1n) is 5.50. The fourth-order valence-electron chi connectivity index (χ4n) is 1.61. The number of alkyl halides is 3. The van der Waals surface area contributed by atoms with E-state index in [9.17, 15) is 18.3 Å². The van der Waals surface area contributed by atoms with Gasteiger partial charge in [-0.25, -0.2) is 0 Å². The summed E-state index contributed by atoms with van der Waals surface area (Å²) >= 11 is 0. The third kappa shape index (κ3) is 3.16. The van der Waals surface area contributed by atoms with Crippen LogP contribution in [0.1, 0.15) is 38.0 Å². The Morgan fingerprint density at radius 3 is 2.11 bits per heavy atom. The van der Waals surface area contributed by atoms with Gasteiger partial charge in [0.1, 0.15) is 5.75 Å². The molecule has 0 radical (unpaired) electrons. The molecule has 5 heteroatoms. The molecule has 1 aromatic carbocycles. The van der Waals surface area contributed by atoms with E-state index in [1.165, 1.54) is 19.2 Å². The molecule has 0 aliphatic rings. The lowest BCUT2D eigenvalue weighted by atomic mass is 9.83. The highest BCUT2D eigenvalue weighted by atomic mass is 19.4. The van der Waals surface area contributed by atoms with Gasteiger partial charge in [0.15, 0.2) is 0 Å². The van der Waals surface area contributed by atoms with Gasteiger partial charge in [-0.2, -0.15) is 13.2 Å². The molecular formula is C13H17F3O2. The largest absolute Gasteiger partial charge is 0.497 e. The average molecular weight is 262 g/mol. The van der Waals surface area contributed by atoms with Crippen LogP contribution in [0.3, 0.4) is 0 Å². The molecule has 0 heterocycles. The van der Waals surface area contributed by atoms with Crippen LogP contribution < -0.4 is 4.74 Å². The summed E-state index contributed by atoms with van der Waals surface area (Å²) in [4.78, 5) is 0. The maximum absolute atomic E-state index is 12.9. The van der Waals surface area contributed by atoms with E-state index in [4.69, 9.17) is 4.74 Å². The molecule has 1 rings (SSSR count). The third-order valence-corrected chi connectivity index (χ3v) is 2.68. The molecule has 1 N–H and O–H groups in total. The zero-order chi connectivity index (χ0) is 14.1. The highest BCUT2D eigenvalue weighted by molar-refractivity contribution is 5.39. The third-order valence-electron chi connectivity index (χ3n) is 2.68. The number of methoxy groups -OCH3 is 1. The lowest BCUT2D eigenvalue weighted by Gasteiger charge is -2.28. The van der Waals surface area contributed by atoms with Gasteiger partial charge in [0.25, 0.3) is 0 Å². The van der Waals surface area contributed by atoms with Crippen molar-refractivity contribution in [1.29, 1.82) is 0 Å². The minimum Gasteiger partial charge on any atom is -0.497 e. The monoisotopic (exact) mass is 262 g/mol. The normalized spacial score (nSPS) is 14.4. The highest BCUT2D eigenvalue weighted by Gasteiger charge is 2.38. The van der Waals surface area contributed by atoms with Crippen LogP contribution >= 0.6 is 0 Å². The SMILES string of the molecule is COc1ccc([C@@H](O)C(C)(C)C)c(C(F)(F)F)c1. The van der Waals surface area contributed by atoms with Gasteiger partial charge in [-0.3, -0.25) is 0 Å². The molecule has 0 saturated heterocycles. The van der Waals surface area contributed by atoms with Gasteiger partial charge in [-0.1, -0.05) is 26.8 Å². The fraction of sp³-hybridized carbons (Fsp3) is 0.538. The lowest BCUT2D eigenvalue weighted by molar-refractivity contribution is -0.140. The first kappa shape index (κ1) is 14.8. The summed E-state index contributed by atoms with van der Waals surface area (Å²) in [6, 6.07) is 3.58. The number of aliphatic hydroxyl groups excluding tert-OH is 1. The van der Waals surface area contributed by atoms with Crippen LogP contribution in [-0.4, -0.2) is 12.2 Å². The summed E-state index contributed by atoms with van der Waals surface area (Å²) in [6.07, 6.45) is -5.71. The standard InChI is InChI=1S/C13H17F3O2/c1-12(2,3)11(17)9-6-5-8(18-4)7-10(9)13(14,15)16/h5-7,11,17H,1-4H3/t11-/m1/s1. The second-order valence-corrected chi connectivity index (χ2v) is 5.22. The van der Waals surface area contributed by atoms with Crippen LogP contribution in [-0.2, 0) is 6.18 Å². The van der Waals surface area contributed by atoms with Crippen LogP contribution in [0.5, 0.6) is 5.75 Å². The topological polar surface area (TPSA) is 29.5 Å². The Kier molecular flexibility index (Phi) is 3.96. The number of benzene rings is 1. The molecular weight excluding hydrogens is 245 g/mol. The minimum absolute atomic E-state index is 0.118. The van der Waals surface area contributed by atoms with Crippen molar-refractivity contribution in [2.75, 3.05) is 7.11 Å². The molecule has 0 aromatic heterocycles. The van der Waals surface area contributed by atoms with Crippen molar-refractivity contribution >= 4 is 0 Å². The van der Waals surface area contributed by atoms with E-state index in [2.05, 4.69) is 0 Å². The van der Waals surface area contributed by atoms with Crippen molar-refractivity contribution in [2.45, 2.75) is 33.1 Å². The van der Waals surface area contributed by atoms with Crippen molar-refractivity contribution in [3.8, 4) is 5.75 Å². The molecule has 0 fully saturated rings. The molecule has 0 saturated carbocycles. The number of aliphatic hydroxyl groups is 1. The molecule has 0 amide bonds. The molecule has 0 unspecified atom stereocenters. The van der Waals surface area contributed by atoms with Gasteiger partial charge in [0.2, 0.25) is 0 Å². The average Bonchev–Trinajstić information content (AvgIpc) is 2.24. The van der Waals surface area contributed by atoms with E-state index >= 15 is 0 Å². The summed E-state index contributed by atoms with van der Waals surface area (Å²) in [5, 5.41) is 10.0. The van der Waals surface area contributed by atoms with E-state index in [-0.39, 0.29) is 11.3 Å². The Morgan fingerprint density at radius 1 is 1.17 bits per heavy atom. The van der Waals surface area contributed by atoms with Crippen molar-refractivity contribution in [3.63, 3.8) is 0 Å². The number of hydrogen-bond acceptors (Lipinski definition) is 2. The van der Waals surface area contributed by atoms with Crippen molar-refractivity contribution < 1.29 is 23.0 Å². The van der Waals surface area contributed by atoms with E-state index in [1.54, 1.807) is 20.8 Å². The summed E-state index contributed by atoms with van der Waals surface area (Å²) in [5.74, 6) is 0.118. The van der Waals surface area contributed by atoms with Crippen LogP contribution in [0.25, 0.3) is 0 Å². The quantitative estimate of drug-likeness (QED) is 0.878. The van der Waals surface area contributed by atoms with E-state index in [0.717, 1.165) is 6.07 Å². The Balaban J connectivity index is 3.36. The Morgan fingerprint density at radius 2 is 1.72 bits per heavy atom. The number of ether oxygens (including phenoxy) is 1. The maximum Gasteiger partial charge on any atom is 0.416 e. The zero-order valence-corrected chi connectivity index (χ0v) is 10.8. The van der Waals surface area contributed by atoms with Crippen LogP contribution in [0.4, 0.5) is 13.2 Å². The minimum atomic E-state index is -4.52. The fourth-order valence-corrected chi connectivity index (χ4v) is 1.61. The van der Waals surface area contributed by atoms with E-state index < -0.39 is 23.3 Å².